The fourth-order valence-electron chi connectivity index (χ4n) is 2.59. The van der Waals surface area contributed by atoms with Gasteiger partial charge in [0.2, 0.25) is 0 Å². The summed E-state index contributed by atoms with van der Waals surface area (Å²) in [5.41, 5.74) is 0. The Morgan fingerprint density at radius 3 is 1.92 bits per heavy atom. The highest BCUT2D eigenvalue weighted by atomic mass is 32.2. The van der Waals surface area contributed by atoms with Crippen LogP contribution in [0.5, 0.6) is 0 Å². The number of aliphatic hydroxyl groups excluding tert-OH is 1. The molecule has 0 aromatic carbocycles. The van der Waals surface area contributed by atoms with E-state index >= 15 is 0 Å². The van der Waals surface area contributed by atoms with Crippen molar-refractivity contribution in [2.75, 3.05) is 5.75 Å². The molecule has 0 aliphatic carbocycles. The van der Waals surface area contributed by atoms with Crippen molar-refractivity contribution in [3.05, 3.63) is 0 Å². The van der Waals surface area contributed by atoms with Crippen molar-refractivity contribution in [3.8, 4) is 11.8 Å². The van der Waals surface area contributed by atoms with E-state index in [2.05, 4.69) is 18.8 Å². The molecule has 0 bridgehead atoms. The molecular weight excluding hydrogens is 324 g/mol. The normalized spacial score (nSPS) is 12.6. The smallest absolute Gasteiger partial charge is 0.264 e. The average Bonchev–Trinajstić information content (AvgIpc) is 2.51. The molecule has 0 aromatic heterocycles. The monoisotopic (exact) mass is 360 g/mol. The van der Waals surface area contributed by atoms with Gasteiger partial charge >= 0.3 is 0 Å². The first-order valence-corrected chi connectivity index (χ1v) is 11.2. The number of rotatable bonds is 15. The van der Waals surface area contributed by atoms with Crippen molar-refractivity contribution in [3.63, 3.8) is 0 Å². The Morgan fingerprint density at radius 2 is 1.38 bits per heavy atom. The van der Waals surface area contributed by atoms with Crippen LogP contribution in [-0.2, 0) is 10.1 Å². The minimum atomic E-state index is -3.77. The van der Waals surface area contributed by atoms with Crippen molar-refractivity contribution >= 4 is 10.1 Å². The Bertz CT molecular complexity index is 434. The first-order valence-electron chi connectivity index (χ1n) is 9.57. The lowest BCUT2D eigenvalue weighted by Crippen LogP contribution is -2.03. The third-order valence-corrected chi connectivity index (χ3v) is 4.86. The Labute approximate surface area is 149 Å². The SMILES string of the molecule is CCCCC[C@@H](O)C#CCCCCCCCCCCCS(=O)(=O)O. The second-order valence-electron chi connectivity index (χ2n) is 6.55. The van der Waals surface area contributed by atoms with E-state index in [0.29, 0.717) is 6.42 Å². The molecule has 2 N–H and O–H groups in total. The molecule has 5 heteroatoms. The molecule has 4 nitrogen and oxygen atoms in total. The van der Waals surface area contributed by atoms with Gasteiger partial charge in [0.1, 0.15) is 6.10 Å². The fourth-order valence-corrected chi connectivity index (χ4v) is 3.15. The molecule has 0 spiro atoms. The summed E-state index contributed by atoms with van der Waals surface area (Å²) in [6, 6.07) is 0. The summed E-state index contributed by atoms with van der Waals surface area (Å²) >= 11 is 0. The molecule has 1 atom stereocenters. The van der Waals surface area contributed by atoms with Gasteiger partial charge in [-0.1, -0.05) is 70.6 Å². The van der Waals surface area contributed by atoms with Crippen LogP contribution in [-0.4, -0.2) is 29.9 Å². The standard InChI is InChI=1S/C19H36O4S/c1-2-3-13-16-19(20)17-14-11-9-7-5-4-6-8-10-12-15-18-24(21,22)23/h19-20H,2-13,15-16,18H2,1H3,(H,21,22,23)/t19-/m1/s1. The Hall–Kier alpha value is -0.570. The molecule has 0 saturated heterocycles. The van der Waals surface area contributed by atoms with Gasteiger partial charge < -0.3 is 5.11 Å². The van der Waals surface area contributed by atoms with Gasteiger partial charge in [-0.25, -0.2) is 0 Å². The third-order valence-electron chi connectivity index (χ3n) is 4.05. The van der Waals surface area contributed by atoms with Crippen LogP contribution in [0.3, 0.4) is 0 Å². The van der Waals surface area contributed by atoms with Gasteiger partial charge in [-0.15, -0.1) is 5.92 Å². The molecule has 142 valence electrons. The Kier molecular flexibility index (Phi) is 15.6. The van der Waals surface area contributed by atoms with E-state index in [4.69, 9.17) is 4.55 Å². The zero-order valence-electron chi connectivity index (χ0n) is 15.3. The quantitative estimate of drug-likeness (QED) is 0.252. The van der Waals surface area contributed by atoms with E-state index in [0.717, 1.165) is 44.9 Å². The maximum absolute atomic E-state index is 10.5. The van der Waals surface area contributed by atoms with Crippen LogP contribution in [0.2, 0.25) is 0 Å². The van der Waals surface area contributed by atoms with E-state index in [9.17, 15) is 13.5 Å². The van der Waals surface area contributed by atoms with Crippen LogP contribution in [0, 0.1) is 11.8 Å². The Morgan fingerprint density at radius 1 is 0.833 bits per heavy atom. The number of hydrogen-bond donors (Lipinski definition) is 2. The highest BCUT2D eigenvalue weighted by Gasteiger charge is 2.02. The molecule has 0 fully saturated rings. The van der Waals surface area contributed by atoms with Crippen molar-refractivity contribution in [2.45, 2.75) is 103 Å². The van der Waals surface area contributed by atoms with Gasteiger partial charge in [-0.2, -0.15) is 8.42 Å². The van der Waals surface area contributed by atoms with Crippen LogP contribution >= 0.6 is 0 Å². The van der Waals surface area contributed by atoms with Crippen LogP contribution in [0.15, 0.2) is 0 Å². The lowest BCUT2D eigenvalue weighted by Gasteiger charge is -2.02. The molecule has 0 aromatic rings. The lowest BCUT2D eigenvalue weighted by atomic mass is 10.1. The third kappa shape index (κ3) is 19.5. The average molecular weight is 361 g/mol. The summed E-state index contributed by atoms with van der Waals surface area (Å²) in [5.74, 6) is 5.90. The molecule has 0 unspecified atom stereocenters. The number of aliphatic hydroxyl groups is 1. The van der Waals surface area contributed by atoms with E-state index < -0.39 is 16.2 Å². The summed E-state index contributed by atoms with van der Waals surface area (Å²) in [7, 11) is -3.77. The van der Waals surface area contributed by atoms with E-state index in [1.807, 2.05) is 0 Å². The molecule has 0 saturated carbocycles. The maximum atomic E-state index is 10.5. The lowest BCUT2D eigenvalue weighted by molar-refractivity contribution is 0.217. The molecule has 0 radical (unpaired) electrons. The number of unbranched alkanes of at least 4 members (excludes halogenated alkanes) is 11. The zero-order valence-corrected chi connectivity index (χ0v) is 16.1. The highest BCUT2D eigenvalue weighted by molar-refractivity contribution is 7.85. The molecule has 24 heavy (non-hydrogen) atoms. The summed E-state index contributed by atoms with van der Waals surface area (Å²) in [6.07, 6.45) is 14.1. The maximum Gasteiger partial charge on any atom is 0.264 e. The highest BCUT2D eigenvalue weighted by Crippen LogP contribution is 2.11. The van der Waals surface area contributed by atoms with Crippen molar-refractivity contribution in [1.29, 1.82) is 0 Å². The number of hydrogen-bond acceptors (Lipinski definition) is 3. The van der Waals surface area contributed by atoms with Gasteiger partial charge in [0, 0.05) is 6.42 Å². The van der Waals surface area contributed by atoms with Crippen LogP contribution < -0.4 is 0 Å². The second kappa shape index (κ2) is 15.9. The summed E-state index contributed by atoms with van der Waals surface area (Å²) in [6.45, 7) is 2.15. The topological polar surface area (TPSA) is 74.6 Å². The van der Waals surface area contributed by atoms with Gasteiger partial charge in [0.25, 0.3) is 10.1 Å². The van der Waals surface area contributed by atoms with Crippen molar-refractivity contribution in [2.24, 2.45) is 0 Å². The largest absolute Gasteiger partial charge is 0.380 e. The van der Waals surface area contributed by atoms with E-state index in [1.165, 1.54) is 38.5 Å². The van der Waals surface area contributed by atoms with Gasteiger partial charge in [-0.3, -0.25) is 4.55 Å². The second-order valence-corrected chi connectivity index (χ2v) is 8.12. The van der Waals surface area contributed by atoms with Crippen LogP contribution in [0.1, 0.15) is 96.8 Å². The molecule has 0 heterocycles. The van der Waals surface area contributed by atoms with Crippen LogP contribution in [0.25, 0.3) is 0 Å². The van der Waals surface area contributed by atoms with Gasteiger partial charge in [0.05, 0.1) is 5.75 Å². The predicted molar refractivity (Wildman–Crippen MR) is 101 cm³/mol. The molecule has 0 rings (SSSR count). The predicted octanol–water partition coefficient (Wildman–Crippen LogP) is 4.72. The zero-order chi connectivity index (χ0) is 18.1. The minimum Gasteiger partial charge on any atom is -0.380 e. The van der Waals surface area contributed by atoms with Gasteiger partial charge in [-0.05, 0) is 25.7 Å². The Balaban J connectivity index is 3.28. The molecule has 0 aliphatic rings. The van der Waals surface area contributed by atoms with Crippen molar-refractivity contribution < 1.29 is 18.1 Å². The summed E-state index contributed by atoms with van der Waals surface area (Å²) < 4.78 is 29.7. The fraction of sp³-hybridized carbons (Fsp3) is 0.895. The molecular formula is C19H36O4S. The molecule has 0 amide bonds. The van der Waals surface area contributed by atoms with E-state index in [-0.39, 0.29) is 5.75 Å². The van der Waals surface area contributed by atoms with Crippen molar-refractivity contribution in [1.82, 2.24) is 0 Å². The van der Waals surface area contributed by atoms with Gasteiger partial charge in [0.15, 0.2) is 0 Å². The summed E-state index contributed by atoms with van der Waals surface area (Å²) in [5, 5.41) is 9.66. The molecule has 0 aliphatic heterocycles. The van der Waals surface area contributed by atoms with Crippen LogP contribution in [0.4, 0.5) is 0 Å². The first-order chi connectivity index (χ1) is 11.5. The van der Waals surface area contributed by atoms with E-state index in [1.54, 1.807) is 0 Å². The summed E-state index contributed by atoms with van der Waals surface area (Å²) in [4.78, 5) is 0. The minimum absolute atomic E-state index is 0.110. The first kappa shape index (κ1) is 23.4.